The number of nitrogens with two attached hydrogens (primary N) is 1. The Bertz CT molecular complexity index is 990. The second kappa shape index (κ2) is 9.85. The normalized spacial score (nSPS) is 10.6. The van der Waals surface area contributed by atoms with Gasteiger partial charge in [-0.2, -0.15) is 10.4 Å². The molecular weight excluding hydrogens is 389 g/mol. The first-order valence-corrected chi connectivity index (χ1v) is 10.3. The van der Waals surface area contributed by atoms with Gasteiger partial charge in [0.1, 0.15) is 23.3 Å². The van der Waals surface area contributed by atoms with Crippen LogP contribution in [-0.4, -0.2) is 22.2 Å². The summed E-state index contributed by atoms with van der Waals surface area (Å²) in [5, 5.41) is 18.8. The Labute approximate surface area is 172 Å². The van der Waals surface area contributed by atoms with Crippen molar-refractivity contribution in [1.82, 2.24) is 15.1 Å². The lowest BCUT2D eigenvalue weighted by atomic mass is 10.1. The van der Waals surface area contributed by atoms with Crippen molar-refractivity contribution in [3.05, 3.63) is 63.7 Å². The first kappa shape index (κ1) is 20.6. The quantitative estimate of drug-likeness (QED) is 0.526. The number of nitrogens with one attached hydrogen (secondary N) is 1. The maximum absolute atomic E-state index is 13.1. The lowest BCUT2D eigenvalue weighted by Crippen LogP contribution is -2.24. The second-order valence-corrected chi connectivity index (χ2v) is 7.63. The number of amides is 1. The van der Waals surface area contributed by atoms with Crippen molar-refractivity contribution in [2.24, 2.45) is 0 Å². The highest BCUT2D eigenvalue weighted by Gasteiger charge is 2.16. The molecule has 3 rings (SSSR count). The fraction of sp³-hybridized carbons (Fsp3) is 0.286. The SMILES string of the molecule is N#Cc1c(CCCNC(=O)CCCc2cccs2)nn(-c2ccc(F)cc2)c1N. The lowest BCUT2D eigenvalue weighted by molar-refractivity contribution is -0.121. The smallest absolute Gasteiger partial charge is 0.220 e. The van der Waals surface area contributed by atoms with Crippen LogP contribution < -0.4 is 11.1 Å². The molecule has 0 radical (unpaired) electrons. The van der Waals surface area contributed by atoms with E-state index >= 15 is 0 Å². The largest absolute Gasteiger partial charge is 0.382 e. The summed E-state index contributed by atoms with van der Waals surface area (Å²) in [6.45, 7) is 0.506. The minimum atomic E-state index is -0.355. The summed E-state index contributed by atoms with van der Waals surface area (Å²) >= 11 is 1.70. The van der Waals surface area contributed by atoms with E-state index in [1.54, 1.807) is 23.5 Å². The monoisotopic (exact) mass is 411 g/mol. The van der Waals surface area contributed by atoms with E-state index in [2.05, 4.69) is 22.6 Å². The first-order chi connectivity index (χ1) is 14.1. The van der Waals surface area contributed by atoms with E-state index in [9.17, 15) is 14.4 Å². The van der Waals surface area contributed by atoms with Crippen LogP contribution >= 0.6 is 11.3 Å². The highest BCUT2D eigenvalue weighted by Crippen LogP contribution is 2.21. The van der Waals surface area contributed by atoms with Crippen molar-refractivity contribution in [3.63, 3.8) is 0 Å². The van der Waals surface area contributed by atoms with Gasteiger partial charge in [-0.15, -0.1) is 11.3 Å². The molecule has 0 saturated heterocycles. The van der Waals surface area contributed by atoms with Gasteiger partial charge in [0.05, 0.1) is 11.4 Å². The van der Waals surface area contributed by atoms with Gasteiger partial charge >= 0.3 is 0 Å². The van der Waals surface area contributed by atoms with Crippen molar-refractivity contribution in [2.45, 2.75) is 32.1 Å². The first-order valence-electron chi connectivity index (χ1n) is 9.41. The topological polar surface area (TPSA) is 96.7 Å². The molecule has 0 spiro atoms. The minimum absolute atomic E-state index is 0.0263. The van der Waals surface area contributed by atoms with Crippen molar-refractivity contribution in [1.29, 1.82) is 5.26 Å². The Morgan fingerprint density at radius 3 is 2.72 bits per heavy atom. The molecule has 3 N–H and O–H groups in total. The van der Waals surface area contributed by atoms with Crippen molar-refractivity contribution < 1.29 is 9.18 Å². The predicted molar refractivity (Wildman–Crippen MR) is 111 cm³/mol. The minimum Gasteiger partial charge on any atom is -0.382 e. The van der Waals surface area contributed by atoms with Gasteiger partial charge in [0.25, 0.3) is 0 Å². The average molecular weight is 412 g/mol. The van der Waals surface area contributed by atoms with E-state index in [1.165, 1.54) is 21.7 Å². The molecule has 1 aromatic carbocycles. The number of aromatic nitrogens is 2. The fourth-order valence-electron chi connectivity index (χ4n) is 3.00. The zero-order valence-corrected chi connectivity index (χ0v) is 16.7. The number of nitrogens with zero attached hydrogens (tertiary/aromatic N) is 3. The molecule has 150 valence electrons. The highest BCUT2D eigenvalue weighted by atomic mass is 32.1. The van der Waals surface area contributed by atoms with Gasteiger partial charge in [-0.1, -0.05) is 6.07 Å². The highest BCUT2D eigenvalue weighted by molar-refractivity contribution is 7.09. The van der Waals surface area contributed by atoms with E-state index < -0.39 is 0 Å². The number of halogens is 1. The van der Waals surface area contributed by atoms with E-state index in [1.807, 2.05) is 11.4 Å². The molecule has 2 aromatic heterocycles. The summed E-state index contributed by atoms with van der Waals surface area (Å²) < 4.78 is 14.6. The van der Waals surface area contributed by atoms with Crippen molar-refractivity contribution >= 4 is 23.1 Å². The van der Waals surface area contributed by atoms with Crippen LogP contribution in [-0.2, 0) is 17.6 Å². The third-order valence-corrected chi connectivity index (χ3v) is 5.43. The van der Waals surface area contributed by atoms with Crippen LogP contribution in [0.2, 0.25) is 0 Å². The van der Waals surface area contributed by atoms with Crippen LogP contribution in [0, 0.1) is 17.1 Å². The number of carbonyl (C=O) groups is 1. The van der Waals surface area contributed by atoms with Gasteiger partial charge in [-0.25, -0.2) is 9.07 Å². The van der Waals surface area contributed by atoms with Gasteiger partial charge in [0.2, 0.25) is 5.91 Å². The third kappa shape index (κ3) is 5.42. The summed E-state index contributed by atoms with van der Waals surface area (Å²) in [5.41, 5.74) is 7.52. The second-order valence-electron chi connectivity index (χ2n) is 6.59. The van der Waals surface area contributed by atoms with E-state index in [0.29, 0.717) is 42.8 Å². The number of aryl methyl sites for hydroxylation is 2. The molecular formula is C21H22FN5OS. The van der Waals surface area contributed by atoms with Gasteiger partial charge in [-0.05, 0) is 61.4 Å². The summed E-state index contributed by atoms with van der Waals surface area (Å²) in [6, 6.07) is 11.9. The Morgan fingerprint density at radius 2 is 2.03 bits per heavy atom. The number of carbonyl (C=O) groups excluding carboxylic acids is 1. The predicted octanol–water partition coefficient (Wildman–Crippen LogP) is 3.60. The van der Waals surface area contributed by atoms with Crippen molar-refractivity contribution in [2.75, 3.05) is 12.3 Å². The average Bonchev–Trinajstić information content (AvgIpc) is 3.34. The Morgan fingerprint density at radius 1 is 1.24 bits per heavy atom. The number of hydrogen-bond donors (Lipinski definition) is 2. The number of anilines is 1. The molecule has 0 fully saturated rings. The molecule has 0 atom stereocenters. The zero-order valence-electron chi connectivity index (χ0n) is 15.9. The molecule has 6 nitrogen and oxygen atoms in total. The van der Waals surface area contributed by atoms with Crippen LogP contribution in [0.3, 0.4) is 0 Å². The molecule has 29 heavy (non-hydrogen) atoms. The number of nitriles is 1. The van der Waals surface area contributed by atoms with E-state index in [4.69, 9.17) is 5.73 Å². The molecule has 0 aliphatic rings. The Hall–Kier alpha value is -3.18. The fourth-order valence-corrected chi connectivity index (χ4v) is 3.76. The third-order valence-electron chi connectivity index (χ3n) is 4.50. The number of benzene rings is 1. The van der Waals surface area contributed by atoms with E-state index in [0.717, 1.165) is 12.8 Å². The Kier molecular flexibility index (Phi) is 6.98. The standard InChI is InChI=1S/C21H22FN5OS/c22-15-8-10-16(11-9-15)27-21(24)18(14-23)19(26-27)6-2-12-25-20(28)7-1-4-17-5-3-13-29-17/h3,5,8-11,13H,1-2,4,6-7,12,24H2,(H,25,28). The lowest BCUT2D eigenvalue weighted by Gasteiger charge is -2.04. The zero-order chi connectivity index (χ0) is 20.6. The molecule has 0 unspecified atom stereocenters. The molecule has 0 saturated carbocycles. The van der Waals surface area contributed by atoms with Gasteiger partial charge < -0.3 is 11.1 Å². The number of nitrogen functional groups attached to an aromatic ring is 1. The van der Waals surface area contributed by atoms with Gasteiger partial charge in [0, 0.05) is 17.8 Å². The molecule has 2 heterocycles. The number of thiophene rings is 1. The summed E-state index contributed by atoms with van der Waals surface area (Å²) in [6.07, 6.45) is 3.38. The summed E-state index contributed by atoms with van der Waals surface area (Å²) in [4.78, 5) is 13.2. The van der Waals surface area contributed by atoms with Crippen LogP contribution in [0.15, 0.2) is 41.8 Å². The van der Waals surface area contributed by atoms with Crippen LogP contribution in [0.5, 0.6) is 0 Å². The van der Waals surface area contributed by atoms with Crippen LogP contribution in [0.25, 0.3) is 5.69 Å². The maximum Gasteiger partial charge on any atom is 0.220 e. The summed E-state index contributed by atoms with van der Waals surface area (Å²) in [5.74, 6) is -0.100. The Balaban J connectivity index is 1.49. The molecule has 0 aliphatic carbocycles. The van der Waals surface area contributed by atoms with E-state index in [-0.39, 0.29) is 17.5 Å². The van der Waals surface area contributed by atoms with Crippen LogP contribution in [0.1, 0.15) is 35.4 Å². The molecule has 8 heteroatoms. The maximum atomic E-state index is 13.1. The van der Waals surface area contributed by atoms with Gasteiger partial charge in [-0.3, -0.25) is 4.79 Å². The molecule has 0 bridgehead atoms. The molecule has 1 amide bonds. The number of rotatable bonds is 9. The molecule has 0 aliphatic heterocycles. The number of hydrogen-bond acceptors (Lipinski definition) is 5. The van der Waals surface area contributed by atoms with Crippen molar-refractivity contribution in [3.8, 4) is 11.8 Å². The van der Waals surface area contributed by atoms with Crippen LogP contribution in [0.4, 0.5) is 10.2 Å². The van der Waals surface area contributed by atoms with Gasteiger partial charge in [0.15, 0.2) is 0 Å². The molecule has 3 aromatic rings. The summed E-state index contributed by atoms with van der Waals surface area (Å²) in [7, 11) is 0.